The Hall–Kier alpha value is -0.890. The molecule has 2 atom stereocenters. The van der Waals surface area contributed by atoms with Crippen molar-refractivity contribution >= 4 is 0 Å². The standard InChI is InChI=1S/C10H11FO/c1-6-5-9(12)7-3-2-4-8(11)10(6)7/h2-4,6,9,12H,5H2,1H3. The van der Waals surface area contributed by atoms with Crippen LogP contribution in [0.3, 0.4) is 0 Å². The van der Waals surface area contributed by atoms with Gasteiger partial charge in [-0.3, -0.25) is 0 Å². The fourth-order valence-electron chi connectivity index (χ4n) is 1.94. The second-order valence-corrected chi connectivity index (χ2v) is 3.40. The quantitative estimate of drug-likeness (QED) is 0.627. The average Bonchev–Trinajstić information content (AvgIpc) is 2.29. The van der Waals surface area contributed by atoms with E-state index in [2.05, 4.69) is 0 Å². The van der Waals surface area contributed by atoms with Crippen molar-refractivity contribution in [2.45, 2.75) is 25.4 Å². The minimum Gasteiger partial charge on any atom is -0.388 e. The van der Waals surface area contributed by atoms with Crippen LogP contribution in [-0.4, -0.2) is 5.11 Å². The number of halogens is 1. The third kappa shape index (κ3) is 0.950. The van der Waals surface area contributed by atoms with Gasteiger partial charge in [-0.1, -0.05) is 19.1 Å². The topological polar surface area (TPSA) is 20.2 Å². The van der Waals surface area contributed by atoms with Crippen molar-refractivity contribution in [2.24, 2.45) is 0 Å². The molecule has 0 bridgehead atoms. The molecule has 0 aliphatic heterocycles. The van der Waals surface area contributed by atoms with Crippen LogP contribution >= 0.6 is 0 Å². The lowest BCUT2D eigenvalue weighted by Gasteiger charge is -2.04. The first kappa shape index (κ1) is 7.74. The Morgan fingerprint density at radius 1 is 1.50 bits per heavy atom. The number of hydrogen-bond acceptors (Lipinski definition) is 1. The third-order valence-corrected chi connectivity index (χ3v) is 2.52. The van der Waals surface area contributed by atoms with Crippen molar-refractivity contribution in [2.75, 3.05) is 0 Å². The molecule has 2 rings (SSSR count). The van der Waals surface area contributed by atoms with E-state index in [9.17, 15) is 9.50 Å². The molecule has 0 heterocycles. The van der Waals surface area contributed by atoms with Crippen molar-refractivity contribution < 1.29 is 9.50 Å². The summed E-state index contributed by atoms with van der Waals surface area (Å²) < 4.78 is 13.2. The van der Waals surface area contributed by atoms with E-state index >= 15 is 0 Å². The van der Waals surface area contributed by atoms with Crippen LogP contribution in [0, 0.1) is 5.82 Å². The lowest BCUT2D eigenvalue weighted by Crippen LogP contribution is -1.91. The number of hydrogen-bond donors (Lipinski definition) is 1. The first-order chi connectivity index (χ1) is 5.70. The number of fused-ring (bicyclic) bond motifs is 1. The number of aliphatic hydroxyl groups excluding tert-OH is 1. The highest BCUT2D eigenvalue weighted by Crippen LogP contribution is 2.40. The molecule has 1 aromatic carbocycles. The summed E-state index contributed by atoms with van der Waals surface area (Å²) in [7, 11) is 0. The normalized spacial score (nSPS) is 27.2. The molecule has 64 valence electrons. The van der Waals surface area contributed by atoms with Crippen molar-refractivity contribution in [1.82, 2.24) is 0 Å². The largest absolute Gasteiger partial charge is 0.388 e. The van der Waals surface area contributed by atoms with Crippen LogP contribution in [0.4, 0.5) is 4.39 Å². The van der Waals surface area contributed by atoms with Crippen molar-refractivity contribution in [1.29, 1.82) is 0 Å². The third-order valence-electron chi connectivity index (χ3n) is 2.52. The highest BCUT2D eigenvalue weighted by molar-refractivity contribution is 5.37. The molecule has 1 aromatic rings. The summed E-state index contributed by atoms with van der Waals surface area (Å²) in [6.07, 6.45) is 0.182. The predicted octanol–water partition coefficient (Wildman–Crippen LogP) is 2.37. The summed E-state index contributed by atoms with van der Waals surface area (Å²) in [5.41, 5.74) is 1.47. The Morgan fingerprint density at radius 3 is 2.92 bits per heavy atom. The number of rotatable bonds is 0. The Balaban J connectivity index is 2.59. The first-order valence-corrected chi connectivity index (χ1v) is 4.16. The van der Waals surface area contributed by atoms with Crippen molar-refractivity contribution in [3.63, 3.8) is 0 Å². The van der Waals surface area contributed by atoms with Gasteiger partial charge in [0.1, 0.15) is 5.82 Å². The van der Waals surface area contributed by atoms with Crippen LogP contribution in [0.2, 0.25) is 0 Å². The minimum atomic E-state index is -0.467. The van der Waals surface area contributed by atoms with Gasteiger partial charge in [0.15, 0.2) is 0 Å². The molecule has 2 heteroatoms. The predicted molar refractivity (Wildman–Crippen MR) is 44.4 cm³/mol. The number of benzene rings is 1. The van der Waals surface area contributed by atoms with Gasteiger partial charge in [-0.15, -0.1) is 0 Å². The molecule has 0 aromatic heterocycles. The van der Waals surface area contributed by atoms with E-state index in [0.717, 1.165) is 5.56 Å². The van der Waals surface area contributed by atoms with Gasteiger partial charge >= 0.3 is 0 Å². The Morgan fingerprint density at radius 2 is 2.25 bits per heavy atom. The monoisotopic (exact) mass is 166 g/mol. The van der Waals surface area contributed by atoms with Gasteiger partial charge in [0.05, 0.1) is 6.10 Å². The van der Waals surface area contributed by atoms with E-state index in [1.165, 1.54) is 6.07 Å². The summed E-state index contributed by atoms with van der Waals surface area (Å²) in [4.78, 5) is 0. The van der Waals surface area contributed by atoms with Gasteiger partial charge in [-0.2, -0.15) is 0 Å². The molecular weight excluding hydrogens is 155 g/mol. The molecule has 2 unspecified atom stereocenters. The molecule has 0 fully saturated rings. The lowest BCUT2D eigenvalue weighted by molar-refractivity contribution is 0.174. The molecular formula is C10H11FO. The maximum absolute atomic E-state index is 13.2. The molecule has 0 radical (unpaired) electrons. The zero-order valence-electron chi connectivity index (χ0n) is 6.92. The summed E-state index contributed by atoms with van der Waals surface area (Å²) in [5, 5.41) is 9.51. The molecule has 1 nitrogen and oxygen atoms in total. The Kier molecular flexibility index (Phi) is 1.65. The zero-order valence-corrected chi connectivity index (χ0v) is 6.92. The van der Waals surface area contributed by atoms with Crippen LogP contribution < -0.4 is 0 Å². The number of aliphatic hydroxyl groups is 1. The van der Waals surface area contributed by atoms with Crippen LogP contribution in [0.1, 0.15) is 36.5 Å². The zero-order chi connectivity index (χ0) is 8.72. The molecule has 12 heavy (non-hydrogen) atoms. The van der Waals surface area contributed by atoms with E-state index in [0.29, 0.717) is 12.0 Å². The minimum absolute atomic E-state index is 0.149. The van der Waals surface area contributed by atoms with Gasteiger partial charge < -0.3 is 5.11 Å². The van der Waals surface area contributed by atoms with E-state index < -0.39 is 6.10 Å². The van der Waals surface area contributed by atoms with E-state index in [-0.39, 0.29) is 11.7 Å². The fraction of sp³-hybridized carbons (Fsp3) is 0.400. The SMILES string of the molecule is CC1CC(O)c2cccc(F)c21. The highest BCUT2D eigenvalue weighted by Gasteiger charge is 2.28. The second-order valence-electron chi connectivity index (χ2n) is 3.40. The maximum atomic E-state index is 13.2. The van der Waals surface area contributed by atoms with Crippen LogP contribution in [-0.2, 0) is 0 Å². The van der Waals surface area contributed by atoms with Crippen LogP contribution in [0.15, 0.2) is 18.2 Å². The van der Waals surface area contributed by atoms with Crippen molar-refractivity contribution in [3.8, 4) is 0 Å². The highest BCUT2D eigenvalue weighted by atomic mass is 19.1. The van der Waals surface area contributed by atoms with Gasteiger partial charge in [0.25, 0.3) is 0 Å². The van der Waals surface area contributed by atoms with Gasteiger partial charge in [0, 0.05) is 0 Å². The van der Waals surface area contributed by atoms with Crippen molar-refractivity contribution in [3.05, 3.63) is 35.1 Å². The lowest BCUT2D eigenvalue weighted by atomic mass is 10.0. The maximum Gasteiger partial charge on any atom is 0.127 e. The fourth-order valence-corrected chi connectivity index (χ4v) is 1.94. The molecule has 0 spiro atoms. The summed E-state index contributed by atoms with van der Waals surface area (Å²) >= 11 is 0. The van der Waals surface area contributed by atoms with Gasteiger partial charge in [0.2, 0.25) is 0 Å². The van der Waals surface area contributed by atoms with E-state index in [4.69, 9.17) is 0 Å². The Bertz CT molecular complexity index is 309. The molecule has 1 aliphatic carbocycles. The smallest absolute Gasteiger partial charge is 0.127 e. The molecule has 1 aliphatic rings. The molecule has 0 saturated heterocycles. The second kappa shape index (κ2) is 2.56. The summed E-state index contributed by atoms with van der Waals surface area (Å²) in [6.45, 7) is 1.94. The molecule has 1 N–H and O–H groups in total. The van der Waals surface area contributed by atoms with Crippen LogP contribution in [0.25, 0.3) is 0 Å². The Labute approximate surface area is 70.8 Å². The van der Waals surface area contributed by atoms with Gasteiger partial charge in [-0.05, 0) is 29.5 Å². The average molecular weight is 166 g/mol. The van der Waals surface area contributed by atoms with Gasteiger partial charge in [-0.25, -0.2) is 4.39 Å². The molecule has 0 amide bonds. The first-order valence-electron chi connectivity index (χ1n) is 4.16. The van der Waals surface area contributed by atoms with E-state index in [1.54, 1.807) is 12.1 Å². The van der Waals surface area contributed by atoms with E-state index in [1.807, 2.05) is 6.92 Å². The molecule has 0 saturated carbocycles. The van der Waals surface area contributed by atoms with Crippen LogP contribution in [0.5, 0.6) is 0 Å². The summed E-state index contributed by atoms with van der Waals surface area (Å²) in [6, 6.07) is 4.90. The summed E-state index contributed by atoms with van der Waals surface area (Å²) in [5.74, 6) is -0.0345.